The molecule has 2 atom stereocenters. The molecule has 0 saturated heterocycles. The number of rotatable bonds is 31. The first-order chi connectivity index (χ1) is 22.3. The molecule has 0 aliphatic heterocycles. The number of Topliss-reactive ketones (excluding diaryl/α,β-unsaturated/α-hetero) is 2. The SMILES string of the molecule is C[B]NC(C)(C)CCOC(C)(C)CCC(=O)NCCCCC(NC(CCCC)C(=O)CCC(C)(C)OCCC(C)(C)N[B]C)C(=O)CC. The van der Waals surface area contributed by atoms with Crippen molar-refractivity contribution in [1.29, 1.82) is 0 Å². The van der Waals surface area contributed by atoms with E-state index in [0.717, 1.165) is 44.9 Å². The zero-order valence-electron chi connectivity index (χ0n) is 33.2. The van der Waals surface area contributed by atoms with Crippen molar-refractivity contribution in [3.8, 4) is 0 Å². The second-order valence-corrected chi connectivity index (χ2v) is 15.9. The van der Waals surface area contributed by atoms with E-state index in [1.54, 1.807) is 0 Å². The van der Waals surface area contributed by atoms with Crippen molar-refractivity contribution in [2.75, 3.05) is 19.8 Å². The maximum Gasteiger partial charge on any atom is 0.220 e. The van der Waals surface area contributed by atoms with Crippen LogP contribution in [0.1, 0.15) is 153 Å². The molecule has 278 valence electrons. The van der Waals surface area contributed by atoms with Crippen molar-refractivity contribution >= 4 is 32.3 Å². The van der Waals surface area contributed by atoms with Crippen LogP contribution in [-0.2, 0) is 23.9 Å². The molecular weight excluding hydrogens is 602 g/mol. The van der Waals surface area contributed by atoms with E-state index in [2.05, 4.69) is 55.7 Å². The molecular formula is C37H74B2N4O5. The normalized spacial score (nSPS) is 14.0. The van der Waals surface area contributed by atoms with Gasteiger partial charge >= 0.3 is 0 Å². The van der Waals surface area contributed by atoms with Crippen molar-refractivity contribution in [2.45, 2.75) is 201 Å². The first-order valence-corrected chi connectivity index (χ1v) is 18.8. The molecule has 0 bridgehead atoms. The summed E-state index contributed by atoms with van der Waals surface area (Å²) in [6, 6.07) is -0.707. The summed E-state index contributed by atoms with van der Waals surface area (Å²) in [6.07, 6.45) is 9.10. The van der Waals surface area contributed by atoms with Gasteiger partial charge < -0.3 is 25.2 Å². The van der Waals surface area contributed by atoms with Gasteiger partial charge in [0.1, 0.15) is 11.6 Å². The van der Waals surface area contributed by atoms with Crippen molar-refractivity contribution in [2.24, 2.45) is 0 Å². The van der Waals surface area contributed by atoms with Crippen molar-refractivity contribution in [1.82, 2.24) is 21.1 Å². The Morgan fingerprint density at radius 3 is 1.60 bits per heavy atom. The van der Waals surface area contributed by atoms with E-state index in [1.165, 1.54) is 0 Å². The van der Waals surface area contributed by atoms with Gasteiger partial charge in [0.25, 0.3) is 0 Å². The number of ketones is 2. The summed E-state index contributed by atoms with van der Waals surface area (Å²) in [5, 5.41) is 13.2. The summed E-state index contributed by atoms with van der Waals surface area (Å²) >= 11 is 0. The highest BCUT2D eigenvalue weighted by Gasteiger charge is 2.28. The van der Waals surface area contributed by atoms with E-state index in [-0.39, 0.29) is 46.2 Å². The van der Waals surface area contributed by atoms with Gasteiger partial charge in [0, 0.05) is 50.1 Å². The fourth-order valence-corrected chi connectivity index (χ4v) is 5.61. The molecule has 11 heteroatoms. The molecule has 0 aromatic rings. The third kappa shape index (κ3) is 23.2. The highest BCUT2D eigenvalue weighted by molar-refractivity contribution is 6.30. The Morgan fingerprint density at radius 1 is 0.646 bits per heavy atom. The maximum absolute atomic E-state index is 13.5. The minimum absolute atomic E-state index is 0.0190. The zero-order chi connectivity index (χ0) is 36.9. The fraction of sp³-hybridized carbons (Fsp3) is 0.919. The highest BCUT2D eigenvalue weighted by atomic mass is 16.5. The van der Waals surface area contributed by atoms with E-state index < -0.39 is 5.60 Å². The molecule has 1 amide bonds. The third-order valence-corrected chi connectivity index (χ3v) is 9.05. The van der Waals surface area contributed by atoms with Crippen LogP contribution in [0.4, 0.5) is 0 Å². The zero-order valence-corrected chi connectivity index (χ0v) is 33.2. The molecule has 0 saturated carbocycles. The van der Waals surface area contributed by atoms with E-state index in [0.29, 0.717) is 58.3 Å². The molecule has 0 spiro atoms. The number of amides is 1. The molecule has 0 aromatic carbocycles. The summed E-state index contributed by atoms with van der Waals surface area (Å²) in [5.41, 5.74) is -0.860. The third-order valence-electron chi connectivity index (χ3n) is 9.05. The predicted molar refractivity (Wildman–Crippen MR) is 203 cm³/mol. The van der Waals surface area contributed by atoms with Crippen LogP contribution in [0.25, 0.3) is 0 Å². The van der Waals surface area contributed by atoms with Gasteiger partial charge in [-0.15, -0.1) is 0 Å². The number of carbonyl (C=O) groups is 3. The quantitative estimate of drug-likeness (QED) is 0.0497. The Bertz CT molecular complexity index is 914. The second-order valence-electron chi connectivity index (χ2n) is 15.9. The average molecular weight is 677 g/mol. The lowest BCUT2D eigenvalue weighted by Gasteiger charge is -2.31. The van der Waals surface area contributed by atoms with Gasteiger partial charge in [-0.05, 0) is 107 Å². The topological polar surface area (TPSA) is 118 Å². The molecule has 2 unspecified atom stereocenters. The lowest BCUT2D eigenvalue weighted by Crippen LogP contribution is -2.47. The maximum atomic E-state index is 13.5. The smallest absolute Gasteiger partial charge is 0.220 e. The lowest BCUT2D eigenvalue weighted by molar-refractivity contribution is -0.125. The van der Waals surface area contributed by atoms with Gasteiger partial charge in [0.2, 0.25) is 20.7 Å². The fourth-order valence-electron chi connectivity index (χ4n) is 5.61. The van der Waals surface area contributed by atoms with Gasteiger partial charge in [-0.2, -0.15) is 0 Å². The molecule has 9 nitrogen and oxygen atoms in total. The number of unbranched alkanes of at least 4 members (excludes halogenated alkanes) is 2. The van der Waals surface area contributed by atoms with Gasteiger partial charge in [-0.1, -0.05) is 40.3 Å². The second kappa shape index (κ2) is 24.0. The van der Waals surface area contributed by atoms with E-state index in [9.17, 15) is 14.4 Å². The molecule has 2 radical (unpaired) electrons. The summed E-state index contributed by atoms with van der Waals surface area (Å²) in [7, 11) is 3.91. The molecule has 0 aliphatic rings. The Labute approximate surface area is 297 Å². The predicted octanol–water partition coefficient (Wildman–Crippen LogP) is 6.34. The van der Waals surface area contributed by atoms with E-state index in [1.807, 2.05) is 63.1 Å². The molecule has 0 heterocycles. The van der Waals surface area contributed by atoms with Gasteiger partial charge in [-0.25, -0.2) is 0 Å². The van der Waals surface area contributed by atoms with Crippen LogP contribution in [0.5, 0.6) is 0 Å². The highest BCUT2D eigenvalue weighted by Crippen LogP contribution is 2.22. The first kappa shape index (κ1) is 46.7. The summed E-state index contributed by atoms with van der Waals surface area (Å²) in [5.74, 6) is 0.299. The molecule has 4 N–H and O–H groups in total. The van der Waals surface area contributed by atoms with Crippen LogP contribution < -0.4 is 21.1 Å². The van der Waals surface area contributed by atoms with Crippen LogP contribution in [0.15, 0.2) is 0 Å². The Hall–Kier alpha value is -1.26. The summed E-state index contributed by atoms with van der Waals surface area (Å²) in [4.78, 5) is 38.9. The summed E-state index contributed by atoms with van der Waals surface area (Å²) < 4.78 is 12.3. The van der Waals surface area contributed by atoms with Crippen molar-refractivity contribution < 1.29 is 23.9 Å². The van der Waals surface area contributed by atoms with Crippen LogP contribution in [0, 0.1) is 0 Å². The summed E-state index contributed by atoms with van der Waals surface area (Å²) in [6.45, 7) is 26.5. The molecule has 0 fully saturated rings. The largest absolute Gasteiger partial charge is 0.375 e. The lowest BCUT2D eigenvalue weighted by atomic mass is 9.90. The molecule has 0 aliphatic carbocycles. The first-order valence-electron chi connectivity index (χ1n) is 18.8. The monoisotopic (exact) mass is 677 g/mol. The average Bonchev–Trinajstić information content (AvgIpc) is 2.98. The minimum atomic E-state index is -0.412. The van der Waals surface area contributed by atoms with E-state index in [4.69, 9.17) is 9.47 Å². The molecule has 0 rings (SSSR count). The Morgan fingerprint density at radius 2 is 1.12 bits per heavy atom. The number of carbonyl (C=O) groups excluding carboxylic acids is 3. The van der Waals surface area contributed by atoms with Crippen molar-refractivity contribution in [3.63, 3.8) is 0 Å². The van der Waals surface area contributed by atoms with Crippen LogP contribution in [-0.4, -0.2) is 86.4 Å². The number of hydrogen-bond donors (Lipinski definition) is 4. The molecule has 0 aromatic heterocycles. The van der Waals surface area contributed by atoms with Gasteiger partial charge in [0.05, 0.1) is 23.3 Å². The number of ether oxygens (including phenoxy) is 2. The molecule has 48 heavy (non-hydrogen) atoms. The van der Waals surface area contributed by atoms with Crippen LogP contribution >= 0.6 is 0 Å². The van der Waals surface area contributed by atoms with Gasteiger partial charge in [-0.3, -0.25) is 19.7 Å². The minimum Gasteiger partial charge on any atom is -0.375 e. The van der Waals surface area contributed by atoms with E-state index >= 15 is 0 Å². The standard InChI is InChI=1S/C37H74B2N4O5/c1-13-15-18-30(32(45)20-22-36(7,8)47-27-24-34(3,4)42-38-11)41-29(31(44)14-2)19-16-17-26-40-33(46)21-23-37(9,10)48-28-25-35(5,6)43-39-12/h29-30,41-43H,13-28H2,1-12H3,(H,40,46). The van der Waals surface area contributed by atoms with Crippen molar-refractivity contribution in [3.05, 3.63) is 0 Å². The Kier molecular flexibility index (Phi) is 23.4. The number of nitrogens with one attached hydrogen (secondary N) is 4. The van der Waals surface area contributed by atoms with Crippen LogP contribution in [0.3, 0.4) is 0 Å². The number of hydrogen-bond acceptors (Lipinski definition) is 8. The van der Waals surface area contributed by atoms with Gasteiger partial charge in [0.15, 0.2) is 0 Å². The Balaban J connectivity index is 4.81. The van der Waals surface area contributed by atoms with Crippen LogP contribution in [0.2, 0.25) is 13.6 Å².